The maximum absolute atomic E-state index is 13.4. The Morgan fingerprint density at radius 2 is 1.81 bits per heavy atom. The second-order valence-corrected chi connectivity index (χ2v) is 7.67. The number of sulfonamides is 1. The van der Waals surface area contributed by atoms with Crippen molar-refractivity contribution in [3.05, 3.63) is 84.2 Å². The summed E-state index contributed by atoms with van der Waals surface area (Å²) in [7, 11) is -2.20. The van der Waals surface area contributed by atoms with Gasteiger partial charge in [0.15, 0.2) is 0 Å². The topological polar surface area (TPSA) is 59.5 Å². The Labute approximate surface area is 153 Å². The lowest BCUT2D eigenvalue weighted by Gasteiger charge is -2.25. The number of anilines is 1. The fraction of sp³-hybridized carbons (Fsp3) is 0.150. The summed E-state index contributed by atoms with van der Waals surface area (Å²) in [6.07, 6.45) is 3.34. The summed E-state index contributed by atoms with van der Waals surface area (Å²) in [5, 5.41) is 0. The van der Waals surface area contributed by atoms with Crippen molar-refractivity contribution in [1.29, 1.82) is 0 Å². The molecule has 0 aliphatic rings. The first-order valence-electron chi connectivity index (χ1n) is 8.13. The van der Waals surface area contributed by atoms with Crippen LogP contribution in [0.1, 0.15) is 11.1 Å². The molecule has 26 heavy (non-hydrogen) atoms. The SMILES string of the molecule is COc1ccc(S(=O)(=O)N(Cc2cccnc2)c2ccccc2)c(C)c1. The summed E-state index contributed by atoms with van der Waals surface area (Å²) in [6.45, 7) is 1.97. The van der Waals surface area contributed by atoms with Gasteiger partial charge in [0.2, 0.25) is 0 Å². The Morgan fingerprint density at radius 1 is 1.04 bits per heavy atom. The van der Waals surface area contributed by atoms with Gasteiger partial charge in [-0.3, -0.25) is 9.29 Å². The molecule has 5 nitrogen and oxygen atoms in total. The zero-order valence-electron chi connectivity index (χ0n) is 14.7. The minimum atomic E-state index is -3.76. The summed E-state index contributed by atoms with van der Waals surface area (Å²) in [6, 6.07) is 17.7. The highest BCUT2D eigenvalue weighted by molar-refractivity contribution is 7.92. The van der Waals surface area contributed by atoms with Gasteiger partial charge in [0.05, 0.1) is 24.2 Å². The van der Waals surface area contributed by atoms with Gasteiger partial charge in [0, 0.05) is 12.4 Å². The molecule has 0 aliphatic carbocycles. The standard InChI is InChI=1S/C20H20N2O3S/c1-16-13-19(25-2)10-11-20(16)26(23,24)22(18-8-4-3-5-9-18)15-17-7-6-12-21-14-17/h3-14H,15H2,1-2H3. The van der Waals surface area contributed by atoms with Crippen LogP contribution in [-0.4, -0.2) is 20.5 Å². The quantitative estimate of drug-likeness (QED) is 0.664. The van der Waals surface area contributed by atoms with Gasteiger partial charge in [-0.1, -0.05) is 24.3 Å². The lowest BCUT2D eigenvalue weighted by molar-refractivity contribution is 0.414. The van der Waals surface area contributed by atoms with Crippen molar-refractivity contribution < 1.29 is 13.2 Å². The van der Waals surface area contributed by atoms with Crippen molar-refractivity contribution in [3.8, 4) is 5.75 Å². The number of nitrogens with zero attached hydrogens (tertiary/aromatic N) is 2. The molecule has 1 heterocycles. The average Bonchev–Trinajstić information content (AvgIpc) is 2.67. The van der Waals surface area contributed by atoms with Gasteiger partial charge in [-0.2, -0.15) is 0 Å². The zero-order chi connectivity index (χ0) is 18.6. The van der Waals surface area contributed by atoms with Crippen molar-refractivity contribution >= 4 is 15.7 Å². The van der Waals surface area contributed by atoms with Gasteiger partial charge in [-0.05, 0) is 54.4 Å². The normalized spacial score (nSPS) is 11.2. The van der Waals surface area contributed by atoms with Crippen LogP contribution in [0.2, 0.25) is 0 Å². The third-order valence-corrected chi connectivity index (χ3v) is 5.98. The van der Waals surface area contributed by atoms with Crippen molar-refractivity contribution in [3.63, 3.8) is 0 Å². The summed E-state index contributed by atoms with van der Waals surface area (Å²) in [4.78, 5) is 4.34. The Balaban J connectivity index is 2.08. The number of aromatic nitrogens is 1. The molecule has 0 saturated carbocycles. The van der Waals surface area contributed by atoms with E-state index in [0.717, 1.165) is 5.56 Å². The highest BCUT2D eigenvalue weighted by Gasteiger charge is 2.27. The van der Waals surface area contributed by atoms with Crippen LogP contribution in [0.5, 0.6) is 5.75 Å². The second-order valence-electron chi connectivity index (χ2n) is 5.84. The molecule has 3 aromatic rings. The van der Waals surface area contributed by atoms with Crippen LogP contribution in [0, 0.1) is 6.92 Å². The number of para-hydroxylation sites is 1. The van der Waals surface area contributed by atoms with E-state index in [1.807, 2.05) is 24.3 Å². The molecule has 0 radical (unpaired) electrons. The van der Waals surface area contributed by atoms with Crippen LogP contribution in [-0.2, 0) is 16.6 Å². The third-order valence-electron chi connectivity index (χ3n) is 4.04. The first-order valence-corrected chi connectivity index (χ1v) is 9.57. The maximum Gasteiger partial charge on any atom is 0.264 e. The molecule has 0 bridgehead atoms. The van der Waals surface area contributed by atoms with Crippen LogP contribution < -0.4 is 9.04 Å². The summed E-state index contributed by atoms with van der Waals surface area (Å²) >= 11 is 0. The Bertz CT molecular complexity index is 974. The molecule has 0 N–H and O–H groups in total. The number of methoxy groups -OCH3 is 1. The minimum absolute atomic E-state index is 0.200. The number of benzene rings is 2. The van der Waals surface area contributed by atoms with E-state index in [1.165, 1.54) is 4.31 Å². The van der Waals surface area contributed by atoms with E-state index in [4.69, 9.17) is 4.74 Å². The van der Waals surface area contributed by atoms with Crippen molar-refractivity contribution in [1.82, 2.24) is 4.98 Å². The largest absolute Gasteiger partial charge is 0.497 e. The van der Waals surface area contributed by atoms with E-state index in [2.05, 4.69) is 4.98 Å². The molecule has 0 amide bonds. The fourth-order valence-corrected chi connectivity index (χ4v) is 4.39. The Kier molecular flexibility index (Phi) is 5.23. The predicted octanol–water partition coefficient (Wildman–Crippen LogP) is 3.79. The molecule has 0 aliphatic heterocycles. The number of rotatable bonds is 6. The average molecular weight is 368 g/mol. The summed E-state index contributed by atoms with van der Waals surface area (Å²) in [5.41, 5.74) is 2.05. The molecule has 2 aromatic carbocycles. The predicted molar refractivity (Wildman–Crippen MR) is 102 cm³/mol. The number of aryl methyl sites for hydroxylation is 1. The monoisotopic (exact) mass is 368 g/mol. The van der Waals surface area contributed by atoms with Gasteiger partial charge in [0.25, 0.3) is 10.0 Å². The highest BCUT2D eigenvalue weighted by Crippen LogP contribution is 2.29. The first kappa shape index (κ1) is 17.9. The van der Waals surface area contributed by atoms with E-state index in [9.17, 15) is 8.42 Å². The Hall–Kier alpha value is -2.86. The van der Waals surface area contributed by atoms with Crippen LogP contribution in [0.25, 0.3) is 0 Å². The molecular weight excluding hydrogens is 348 g/mol. The molecule has 3 rings (SSSR count). The van der Waals surface area contributed by atoms with Crippen molar-refractivity contribution in [2.75, 3.05) is 11.4 Å². The molecule has 0 spiro atoms. The summed E-state index contributed by atoms with van der Waals surface area (Å²) < 4.78 is 33.4. The number of ether oxygens (including phenoxy) is 1. The van der Waals surface area contributed by atoms with Gasteiger partial charge in [0.1, 0.15) is 5.75 Å². The van der Waals surface area contributed by atoms with E-state index in [1.54, 1.807) is 62.8 Å². The minimum Gasteiger partial charge on any atom is -0.497 e. The third kappa shape index (κ3) is 3.70. The molecule has 0 unspecified atom stereocenters. The highest BCUT2D eigenvalue weighted by atomic mass is 32.2. The number of pyridine rings is 1. The van der Waals surface area contributed by atoms with Crippen LogP contribution >= 0.6 is 0 Å². The summed E-state index contributed by atoms with van der Waals surface area (Å²) in [5.74, 6) is 0.625. The molecular formula is C20H20N2O3S. The molecule has 0 atom stereocenters. The molecule has 134 valence electrons. The number of hydrogen-bond acceptors (Lipinski definition) is 4. The second kappa shape index (κ2) is 7.58. The molecule has 1 aromatic heterocycles. The van der Waals surface area contributed by atoms with E-state index < -0.39 is 10.0 Å². The van der Waals surface area contributed by atoms with Gasteiger partial charge in [-0.15, -0.1) is 0 Å². The Morgan fingerprint density at radius 3 is 2.42 bits per heavy atom. The zero-order valence-corrected chi connectivity index (χ0v) is 15.5. The van der Waals surface area contributed by atoms with E-state index in [-0.39, 0.29) is 11.4 Å². The lowest BCUT2D eigenvalue weighted by Crippen LogP contribution is -2.31. The molecule has 0 saturated heterocycles. The first-order chi connectivity index (χ1) is 12.5. The van der Waals surface area contributed by atoms with E-state index in [0.29, 0.717) is 17.0 Å². The van der Waals surface area contributed by atoms with Crippen molar-refractivity contribution in [2.45, 2.75) is 18.4 Å². The fourth-order valence-electron chi connectivity index (χ4n) is 2.72. The molecule has 6 heteroatoms. The van der Waals surface area contributed by atoms with Gasteiger partial charge in [-0.25, -0.2) is 8.42 Å². The lowest BCUT2D eigenvalue weighted by atomic mass is 10.2. The van der Waals surface area contributed by atoms with Crippen LogP contribution in [0.3, 0.4) is 0 Å². The van der Waals surface area contributed by atoms with Crippen LogP contribution in [0.15, 0.2) is 78.0 Å². The number of hydrogen-bond donors (Lipinski definition) is 0. The van der Waals surface area contributed by atoms with Crippen molar-refractivity contribution in [2.24, 2.45) is 0 Å². The maximum atomic E-state index is 13.4. The smallest absolute Gasteiger partial charge is 0.264 e. The van der Waals surface area contributed by atoms with E-state index >= 15 is 0 Å². The van der Waals surface area contributed by atoms with Gasteiger partial charge < -0.3 is 4.74 Å². The van der Waals surface area contributed by atoms with Gasteiger partial charge >= 0.3 is 0 Å². The molecule has 0 fully saturated rings. The van der Waals surface area contributed by atoms with Crippen LogP contribution in [0.4, 0.5) is 5.69 Å².